The zero-order valence-electron chi connectivity index (χ0n) is 15.3. The molecule has 0 radical (unpaired) electrons. The molecule has 5 aromatic carbocycles. The standard InChI is InChI=1S/C26H15Cl3/c27-21-15-20-22(16-9-3-1-4-10-16)18-13-7-8-14-19(18)23(17-11-5-2-6-12-17)24(20)26(29)25(21)28/h1-15H. The number of rotatable bonds is 2. The van der Waals surface area contributed by atoms with E-state index in [-0.39, 0.29) is 0 Å². The van der Waals surface area contributed by atoms with Crippen LogP contribution >= 0.6 is 34.8 Å². The van der Waals surface area contributed by atoms with Crippen LogP contribution in [0, 0.1) is 0 Å². The predicted molar refractivity (Wildman–Crippen MR) is 127 cm³/mol. The Morgan fingerprint density at radius 1 is 0.448 bits per heavy atom. The van der Waals surface area contributed by atoms with Crippen molar-refractivity contribution in [2.24, 2.45) is 0 Å². The van der Waals surface area contributed by atoms with Crippen LogP contribution in [0.5, 0.6) is 0 Å². The minimum Gasteiger partial charge on any atom is -0.0826 e. The van der Waals surface area contributed by atoms with E-state index in [1.807, 2.05) is 42.5 Å². The van der Waals surface area contributed by atoms with Crippen LogP contribution in [0.1, 0.15) is 0 Å². The van der Waals surface area contributed by atoms with Gasteiger partial charge >= 0.3 is 0 Å². The van der Waals surface area contributed by atoms with Crippen LogP contribution in [-0.2, 0) is 0 Å². The maximum Gasteiger partial charge on any atom is 0.0785 e. The fourth-order valence-corrected chi connectivity index (χ4v) is 4.76. The van der Waals surface area contributed by atoms with E-state index in [0.717, 1.165) is 43.8 Å². The van der Waals surface area contributed by atoms with Crippen molar-refractivity contribution in [2.45, 2.75) is 0 Å². The van der Waals surface area contributed by atoms with Crippen LogP contribution in [-0.4, -0.2) is 0 Å². The Morgan fingerprint density at radius 3 is 1.52 bits per heavy atom. The molecule has 0 aliphatic rings. The topological polar surface area (TPSA) is 0 Å². The lowest BCUT2D eigenvalue weighted by Gasteiger charge is -2.19. The van der Waals surface area contributed by atoms with Gasteiger partial charge in [-0.25, -0.2) is 0 Å². The summed E-state index contributed by atoms with van der Waals surface area (Å²) < 4.78 is 0. The monoisotopic (exact) mass is 432 g/mol. The smallest absolute Gasteiger partial charge is 0.0785 e. The van der Waals surface area contributed by atoms with E-state index in [2.05, 4.69) is 48.5 Å². The van der Waals surface area contributed by atoms with Gasteiger partial charge in [-0.05, 0) is 44.5 Å². The molecular formula is C26H15Cl3. The average molecular weight is 434 g/mol. The van der Waals surface area contributed by atoms with Crippen LogP contribution in [0.3, 0.4) is 0 Å². The van der Waals surface area contributed by atoms with Gasteiger partial charge in [0.25, 0.3) is 0 Å². The van der Waals surface area contributed by atoms with Crippen molar-refractivity contribution in [1.29, 1.82) is 0 Å². The first-order chi connectivity index (χ1) is 14.2. The van der Waals surface area contributed by atoms with Gasteiger partial charge in [-0.3, -0.25) is 0 Å². The summed E-state index contributed by atoms with van der Waals surface area (Å²) in [5.74, 6) is 0. The summed E-state index contributed by atoms with van der Waals surface area (Å²) in [4.78, 5) is 0. The molecule has 0 amide bonds. The molecule has 0 saturated carbocycles. The fraction of sp³-hybridized carbons (Fsp3) is 0. The SMILES string of the molecule is Clc1cc2c(-c3ccccc3)c3ccccc3c(-c3ccccc3)c2c(Cl)c1Cl. The van der Waals surface area contributed by atoms with Crippen LogP contribution in [0.4, 0.5) is 0 Å². The molecule has 0 atom stereocenters. The van der Waals surface area contributed by atoms with E-state index in [0.29, 0.717) is 15.1 Å². The summed E-state index contributed by atoms with van der Waals surface area (Å²) in [6, 6.07) is 31.0. The Labute approximate surface area is 184 Å². The molecule has 5 rings (SSSR count). The molecule has 5 aromatic rings. The van der Waals surface area contributed by atoms with Crippen molar-refractivity contribution >= 4 is 56.3 Å². The van der Waals surface area contributed by atoms with Crippen molar-refractivity contribution in [3.63, 3.8) is 0 Å². The third kappa shape index (κ3) is 3.00. The molecule has 0 aliphatic carbocycles. The summed E-state index contributed by atoms with van der Waals surface area (Å²) in [7, 11) is 0. The van der Waals surface area contributed by atoms with E-state index in [4.69, 9.17) is 34.8 Å². The van der Waals surface area contributed by atoms with Crippen LogP contribution in [0.15, 0.2) is 91.0 Å². The van der Waals surface area contributed by atoms with Gasteiger partial charge in [0.05, 0.1) is 15.1 Å². The molecular weight excluding hydrogens is 419 g/mol. The van der Waals surface area contributed by atoms with Crippen molar-refractivity contribution in [3.8, 4) is 22.3 Å². The molecule has 0 fully saturated rings. The highest BCUT2D eigenvalue weighted by atomic mass is 35.5. The van der Waals surface area contributed by atoms with Crippen molar-refractivity contribution in [2.75, 3.05) is 0 Å². The summed E-state index contributed by atoms with van der Waals surface area (Å²) >= 11 is 19.8. The Balaban J connectivity index is 2.10. The molecule has 0 N–H and O–H groups in total. The van der Waals surface area contributed by atoms with Crippen molar-refractivity contribution < 1.29 is 0 Å². The molecule has 3 heteroatoms. The summed E-state index contributed by atoms with van der Waals surface area (Å²) in [5, 5.41) is 5.52. The average Bonchev–Trinajstić information content (AvgIpc) is 2.77. The summed E-state index contributed by atoms with van der Waals surface area (Å²) in [5.41, 5.74) is 4.38. The van der Waals surface area contributed by atoms with Crippen molar-refractivity contribution in [3.05, 3.63) is 106 Å². The van der Waals surface area contributed by atoms with Gasteiger partial charge in [0, 0.05) is 5.39 Å². The van der Waals surface area contributed by atoms with Gasteiger partial charge in [-0.2, -0.15) is 0 Å². The maximum absolute atomic E-state index is 6.83. The third-order valence-corrected chi connectivity index (χ3v) is 6.53. The molecule has 29 heavy (non-hydrogen) atoms. The summed E-state index contributed by atoms with van der Waals surface area (Å²) in [6.07, 6.45) is 0. The molecule has 0 spiro atoms. The molecule has 0 saturated heterocycles. The second kappa shape index (κ2) is 7.39. The lowest BCUT2D eigenvalue weighted by molar-refractivity contribution is 1.65. The first kappa shape index (κ1) is 18.5. The first-order valence-corrected chi connectivity index (χ1v) is 10.4. The Bertz CT molecular complexity index is 1360. The van der Waals surface area contributed by atoms with Gasteiger partial charge in [0.1, 0.15) is 0 Å². The maximum atomic E-state index is 6.83. The number of hydrogen-bond acceptors (Lipinski definition) is 0. The zero-order chi connectivity index (χ0) is 20.0. The van der Waals surface area contributed by atoms with E-state index >= 15 is 0 Å². The van der Waals surface area contributed by atoms with Crippen LogP contribution in [0.2, 0.25) is 15.1 Å². The fourth-order valence-electron chi connectivity index (χ4n) is 4.06. The van der Waals surface area contributed by atoms with Gasteiger partial charge in [0.15, 0.2) is 0 Å². The number of halogens is 3. The number of fused-ring (bicyclic) bond motifs is 2. The number of hydrogen-bond donors (Lipinski definition) is 0. The van der Waals surface area contributed by atoms with Gasteiger partial charge < -0.3 is 0 Å². The van der Waals surface area contributed by atoms with Gasteiger partial charge in [0.2, 0.25) is 0 Å². The number of benzene rings is 5. The zero-order valence-corrected chi connectivity index (χ0v) is 17.6. The summed E-state index contributed by atoms with van der Waals surface area (Å²) in [6.45, 7) is 0. The quantitative estimate of drug-likeness (QED) is 0.192. The molecule has 0 aliphatic heterocycles. The minimum absolute atomic E-state index is 0.382. The highest BCUT2D eigenvalue weighted by Gasteiger charge is 2.21. The van der Waals surface area contributed by atoms with E-state index < -0.39 is 0 Å². The minimum atomic E-state index is 0.382. The van der Waals surface area contributed by atoms with Crippen LogP contribution < -0.4 is 0 Å². The normalized spacial score (nSPS) is 11.3. The van der Waals surface area contributed by atoms with Gasteiger partial charge in [-0.1, -0.05) is 120 Å². The molecule has 0 unspecified atom stereocenters. The van der Waals surface area contributed by atoms with Crippen LogP contribution in [0.25, 0.3) is 43.8 Å². The Morgan fingerprint density at radius 2 is 0.931 bits per heavy atom. The Kier molecular flexibility index (Phi) is 4.72. The second-order valence-corrected chi connectivity index (χ2v) is 8.10. The lowest BCUT2D eigenvalue weighted by Crippen LogP contribution is -1.92. The molecule has 0 aromatic heterocycles. The second-order valence-electron chi connectivity index (χ2n) is 6.94. The lowest BCUT2D eigenvalue weighted by atomic mass is 9.86. The predicted octanol–water partition coefficient (Wildman–Crippen LogP) is 9.29. The highest BCUT2D eigenvalue weighted by molar-refractivity contribution is 6.52. The van der Waals surface area contributed by atoms with E-state index in [1.54, 1.807) is 0 Å². The molecule has 0 heterocycles. The first-order valence-electron chi connectivity index (χ1n) is 9.29. The Hall–Kier alpha value is -2.51. The molecule has 140 valence electrons. The van der Waals surface area contributed by atoms with Gasteiger partial charge in [-0.15, -0.1) is 0 Å². The molecule has 0 bridgehead atoms. The van der Waals surface area contributed by atoms with Crippen molar-refractivity contribution in [1.82, 2.24) is 0 Å². The highest BCUT2D eigenvalue weighted by Crippen LogP contribution is 2.49. The van der Waals surface area contributed by atoms with E-state index in [9.17, 15) is 0 Å². The third-order valence-electron chi connectivity index (χ3n) is 5.27. The van der Waals surface area contributed by atoms with E-state index in [1.165, 1.54) is 0 Å². The molecule has 0 nitrogen and oxygen atoms in total. The largest absolute Gasteiger partial charge is 0.0826 e.